The summed E-state index contributed by atoms with van der Waals surface area (Å²) in [5.74, 6) is 0.516. The number of phenols is 1. The molecule has 0 fully saturated rings. The zero-order chi connectivity index (χ0) is 18.5. The number of benzene rings is 2. The molecule has 5 nitrogen and oxygen atoms in total. The van der Waals surface area contributed by atoms with Crippen LogP contribution in [0.3, 0.4) is 0 Å². The molecule has 0 saturated heterocycles. The Hall–Kier alpha value is -2.86. The first-order valence-corrected chi connectivity index (χ1v) is 9.19. The number of rotatable bonds is 5. The molecule has 0 radical (unpaired) electrons. The topological polar surface area (TPSA) is 59.1 Å². The second-order valence-electron chi connectivity index (χ2n) is 5.79. The fourth-order valence-electron chi connectivity index (χ4n) is 2.59. The van der Waals surface area contributed by atoms with Crippen LogP contribution in [0.5, 0.6) is 11.5 Å². The van der Waals surface area contributed by atoms with E-state index in [9.17, 15) is 5.11 Å². The molecule has 0 aliphatic carbocycles. The summed E-state index contributed by atoms with van der Waals surface area (Å²) < 4.78 is 7.25. The van der Waals surface area contributed by atoms with Crippen molar-refractivity contribution < 1.29 is 9.84 Å². The summed E-state index contributed by atoms with van der Waals surface area (Å²) >= 11 is 1.56. The van der Waals surface area contributed by atoms with Crippen LogP contribution in [0.2, 0.25) is 0 Å². The summed E-state index contributed by atoms with van der Waals surface area (Å²) in [5, 5.41) is 20.3. The van der Waals surface area contributed by atoms with Gasteiger partial charge >= 0.3 is 0 Å². The van der Waals surface area contributed by atoms with Crippen LogP contribution in [0, 0.1) is 6.92 Å². The van der Waals surface area contributed by atoms with Crippen LogP contribution in [0.15, 0.2) is 58.0 Å². The molecule has 2 aromatic carbocycles. The Balaban J connectivity index is 1.91. The van der Waals surface area contributed by atoms with E-state index in [-0.39, 0.29) is 5.75 Å². The van der Waals surface area contributed by atoms with E-state index in [0.29, 0.717) is 5.75 Å². The van der Waals surface area contributed by atoms with Crippen LogP contribution in [0.4, 0.5) is 0 Å². The number of hydrogen-bond donors (Lipinski definition) is 1. The van der Waals surface area contributed by atoms with Gasteiger partial charge in [-0.2, -0.15) is 5.10 Å². The SMILES string of the molecule is CCn1c(-c2ccc(C)cc2)cs/c1=N\N=C/c1ccc(O)c(OC)c1. The second-order valence-corrected chi connectivity index (χ2v) is 6.63. The Bertz CT molecular complexity index is 985. The number of aromatic nitrogens is 1. The average molecular weight is 367 g/mol. The van der Waals surface area contributed by atoms with Gasteiger partial charge in [0.05, 0.1) is 19.0 Å². The number of aromatic hydroxyl groups is 1. The molecule has 1 aromatic heterocycles. The van der Waals surface area contributed by atoms with E-state index in [1.165, 1.54) is 18.2 Å². The Morgan fingerprint density at radius 2 is 1.96 bits per heavy atom. The lowest BCUT2D eigenvalue weighted by Gasteiger charge is -2.06. The van der Waals surface area contributed by atoms with Crippen molar-refractivity contribution in [1.29, 1.82) is 0 Å². The Kier molecular flexibility index (Phi) is 5.53. The molecule has 3 rings (SSSR count). The smallest absolute Gasteiger partial charge is 0.211 e. The number of thiazole rings is 1. The van der Waals surface area contributed by atoms with E-state index >= 15 is 0 Å². The first-order chi connectivity index (χ1) is 12.6. The summed E-state index contributed by atoms with van der Waals surface area (Å²) in [4.78, 5) is 0.838. The minimum Gasteiger partial charge on any atom is -0.504 e. The highest BCUT2D eigenvalue weighted by Crippen LogP contribution is 2.25. The summed E-state index contributed by atoms with van der Waals surface area (Å²) in [5.41, 5.74) is 4.35. The van der Waals surface area contributed by atoms with Crippen molar-refractivity contribution in [3.05, 3.63) is 63.8 Å². The van der Waals surface area contributed by atoms with Gasteiger partial charge in [0.2, 0.25) is 4.80 Å². The minimum absolute atomic E-state index is 0.103. The predicted molar refractivity (Wildman–Crippen MR) is 106 cm³/mol. The quantitative estimate of drug-likeness (QED) is 0.543. The van der Waals surface area contributed by atoms with Crippen molar-refractivity contribution in [2.45, 2.75) is 20.4 Å². The van der Waals surface area contributed by atoms with Crippen molar-refractivity contribution >= 4 is 17.6 Å². The Labute approximate surface area is 156 Å². The molecule has 0 aliphatic heterocycles. The van der Waals surface area contributed by atoms with E-state index in [4.69, 9.17) is 4.74 Å². The Morgan fingerprint density at radius 1 is 1.19 bits per heavy atom. The van der Waals surface area contributed by atoms with E-state index in [1.807, 2.05) is 0 Å². The number of ether oxygens (including phenoxy) is 1. The molecule has 0 atom stereocenters. The summed E-state index contributed by atoms with van der Waals surface area (Å²) in [6.07, 6.45) is 1.65. The lowest BCUT2D eigenvalue weighted by Crippen LogP contribution is -2.14. The fraction of sp³-hybridized carbons (Fsp3) is 0.200. The van der Waals surface area contributed by atoms with Crippen molar-refractivity contribution in [3.63, 3.8) is 0 Å². The number of hydrogen-bond acceptors (Lipinski definition) is 5. The Morgan fingerprint density at radius 3 is 2.65 bits per heavy atom. The largest absolute Gasteiger partial charge is 0.504 e. The number of aryl methyl sites for hydroxylation is 1. The number of phenolic OH excluding ortho intramolecular Hbond substituents is 1. The molecular weight excluding hydrogens is 346 g/mol. The fourth-order valence-corrected chi connectivity index (χ4v) is 3.52. The zero-order valence-corrected chi connectivity index (χ0v) is 15.8. The molecule has 0 aliphatic rings. The molecule has 0 bridgehead atoms. The number of methoxy groups -OCH3 is 1. The van der Waals surface area contributed by atoms with Crippen LogP contribution in [0.1, 0.15) is 18.1 Å². The van der Waals surface area contributed by atoms with Gasteiger partial charge < -0.3 is 14.4 Å². The van der Waals surface area contributed by atoms with E-state index in [0.717, 1.165) is 22.6 Å². The third kappa shape index (κ3) is 3.86. The van der Waals surface area contributed by atoms with Gasteiger partial charge in [-0.15, -0.1) is 16.4 Å². The van der Waals surface area contributed by atoms with E-state index < -0.39 is 0 Å². The van der Waals surface area contributed by atoms with Gasteiger partial charge in [-0.3, -0.25) is 0 Å². The first kappa shape index (κ1) is 17.9. The zero-order valence-electron chi connectivity index (χ0n) is 15.0. The van der Waals surface area contributed by atoms with Crippen LogP contribution in [-0.4, -0.2) is 23.0 Å². The maximum atomic E-state index is 9.64. The van der Waals surface area contributed by atoms with Gasteiger partial charge in [0.1, 0.15) is 0 Å². The molecule has 134 valence electrons. The summed E-state index contributed by atoms with van der Waals surface area (Å²) in [6.45, 7) is 4.99. The van der Waals surface area contributed by atoms with Crippen molar-refractivity contribution in [3.8, 4) is 22.8 Å². The molecule has 3 aromatic rings. The molecule has 26 heavy (non-hydrogen) atoms. The maximum absolute atomic E-state index is 9.64. The van der Waals surface area contributed by atoms with Crippen LogP contribution < -0.4 is 9.54 Å². The maximum Gasteiger partial charge on any atom is 0.211 e. The molecule has 0 unspecified atom stereocenters. The third-order valence-electron chi connectivity index (χ3n) is 4.02. The lowest BCUT2D eigenvalue weighted by atomic mass is 10.1. The monoisotopic (exact) mass is 367 g/mol. The van der Waals surface area contributed by atoms with Gasteiger partial charge in [0.25, 0.3) is 0 Å². The molecule has 0 spiro atoms. The predicted octanol–water partition coefficient (Wildman–Crippen LogP) is 4.19. The highest BCUT2D eigenvalue weighted by molar-refractivity contribution is 7.07. The van der Waals surface area contributed by atoms with Gasteiger partial charge in [-0.05, 0) is 43.2 Å². The van der Waals surface area contributed by atoms with Crippen molar-refractivity contribution in [1.82, 2.24) is 4.57 Å². The molecular formula is C20H21N3O2S. The highest BCUT2D eigenvalue weighted by atomic mass is 32.1. The van der Waals surface area contributed by atoms with Gasteiger partial charge in [0.15, 0.2) is 11.5 Å². The molecule has 0 saturated carbocycles. The van der Waals surface area contributed by atoms with E-state index in [2.05, 4.69) is 58.3 Å². The average Bonchev–Trinajstić information content (AvgIpc) is 3.06. The lowest BCUT2D eigenvalue weighted by molar-refractivity contribution is 0.373. The van der Waals surface area contributed by atoms with Crippen molar-refractivity contribution in [2.24, 2.45) is 10.2 Å². The standard InChI is InChI=1S/C20H21N3O2S/c1-4-23-17(16-8-5-14(2)6-9-16)13-26-20(23)22-21-12-15-7-10-18(24)19(11-15)25-3/h5-13,24H,4H2,1-3H3/b21-12-,22-20-. The minimum atomic E-state index is 0.103. The second kappa shape index (κ2) is 8.01. The number of nitrogens with zero attached hydrogens (tertiary/aromatic N) is 3. The third-order valence-corrected chi connectivity index (χ3v) is 4.87. The highest BCUT2D eigenvalue weighted by Gasteiger charge is 2.06. The van der Waals surface area contributed by atoms with Crippen molar-refractivity contribution in [2.75, 3.05) is 7.11 Å². The molecule has 6 heteroatoms. The van der Waals surface area contributed by atoms with Gasteiger partial charge in [0, 0.05) is 11.9 Å². The summed E-state index contributed by atoms with van der Waals surface area (Å²) in [7, 11) is 1.52. The van der Waals surface area contributed by atoms with Crippen LogP contribution in [-0.2, 0) is 6.54 Å². The van der Waals surface area contributed by atoms with Crippen LogP contribution in [0.25, 0.3) is 11.3 Å². The summed E-state index contributed by atoms with van der Waals surface area (Å²) in [6, 6.07) is 13.5. The van der Waals surface area contributed by atoms with Crippen LogP contribution >= 0.6 is 11.3 Å². The van der Waals surface area contributed by atoms with E-state index in [1.54, 1.807) is 35.8 Å². The van der Waals surface area contributed by atoms with Gasteiger partial charge in [-0.25, -0.2) is 0 Å². The first-order valence-electron chi connectivity index (χ1n) is 8.31. The molecule has 0 amide bonds. The van der Waals surface area contributed by atoms with Gasteiger partial charge in [-0.1, -0.05) is 29.8 Å². The normalized spacial score (nSPS) is 12.0. The molecule has 1 heterocycles. The molecule has 1 N–H and O–H groups in total.